The first kappa shape index (κ1) is 17.1. The van der Waals surface area contributed by atoms with Gasteiger partial charge in [0.05, 0.1) is 12.5 Å². The smallest absolute Gasteiger partial charge is 0.141 e. The SMILES string of the molecule is COc1cccc(N2CCN(c3nc(C)nc4sc(C)c(C)c34)CC2)c1. The molecule has 0 radical (unpaired) electrons. The maximum atomic E-state index is 5.36. The number of hydrogen-bond donors (Lipinski definition) is 0. The van der Waals surface area contributed by atoms with Gasteiger partial charge in [-0.05, 0) is 38.5 Å². The molecule has 0 aliphatic carbocycles. The number of thiophene rings is 1. The van der Waals surface area contributed by atoms with E-state index in [9.17, 15) is 0 Å². The van der Waals surface area contributed by atoms with Gasteiger partial charge in [-0.2, -0.15) is 0 Å². The molecule has 3 heterocycles. The van der Waals surface area contributed by atoms with Gasteiger partial charge in [0.1, 0.15) is 22.2 Å². The Kier molecular flexibility index (Phi) is 4.44. The van der Waals surface area contributed by atoms with Crippen molar-refractivity contribution in [3.05, 3.63) is 40.5 Å². The van der Waals surface area contributed by atoms with Crippen molar-refractivity contribution < 1.29 is 4.74 Å². The van der Waals surface area contributed by atoms with E-state index < -0.39 is 0 Å². The maximum absolute atomic E-state index is 5.36. The summed E-state index contributed by atoms with van der Waals surface area (Å²) in [5.74, 6) is 2.85. The lowest BCUT2D eigenvalue weighted by molar-refractivity contribution is 0.414. The summed E-state index contributed by atoms with van der Waals surface area (Å²) in [4.78, 5) is 16.7. The predicted molar refractivity (Wildman–Crippen MR) is 109 cm³/mol. The number of hydrogen-bond acceptors (Lipinski definition) is 6. The molecule has 2 aromatic heterocycles. The number of methoxy groups -OCH3 is 1. The molecule has 6 heteroatoms. The highest BCUT2D eigenvalue weighted by Gasteiger charge is 2.23. The molecule has 0 N–H and O–H groups in total. The minimum atomic E-state index is 0.851. The molecular weight excluding hydrogens is 344 g/mol. The fraction of sp³-hybridized carbons (Fsp3) is 0.400. The number of fused-ring (bicyclic) bond motifs is 1. The maximum Gasteiger partial charge on any atom is 0.141 e. The first-order chi connectivity index (χ1) is 12.6. The van der Waals surface area contributed by atoms with E-state index >= 15 is 0 Å². The van der Waals surface area contributed by atoms with Gasteiger partial charge >= 0.3 is 0 Å². The van der Waals surface area contributed by atoms with Gasteiger partial charge in [0.2, 0.25) is 0 Å². The van der Waals surface area contributed by atoms with Crippen LogP contribution in [-0.4, -0.2) is 43.3 Å². The second-order valence-electron chi connectivity index (χ2n) is 6.73. The molecule has 5 nitrogen and oxygen atoms in total. The Morgan fingerprint density at radius 3 is 2.46 bits per heavy atom. The van der Waals surface area contributed by atoms with Gasteiger partial charge in [0.25, 0.3) is 0 Å². The number of piperazine rings is 1. The van der Waals surface area contributed by atoms with Crippen molar-refractivity contribution in [2.75, 3.05) is 43.1 Å². The lowest BCUT2D eigenvalue weighted by atomic mass is 10.2. The Morgan fingerprint density at radius 1 is 1.00 bits per heavy atom. The Morgan fingerprint density at radius 2 is 1.73 bits per heavy atom. The third-order valence-electron chi connectivity index (χ3n) is 5.12. The summed E-state index contributed by atoms with van der Waals surface area (Å²) in [5, 5.41) is 1.23. The number of aryl methyl sites for hydroxylation is 3. The van der Waals surface area contributed by atoms with E-state index in [0.29, 0.717) is 0 Å². The van der Waals surface area contributed by atoms with Crippen LogP contribution in [0.5, 0.6) is 5.75 Å². The molecule has 1 aliphatic heterocycles. The van der Waals surface area contributed by atoms with E-state index in [0.717, 1.165) is 48.4 Å². The summed E-state index contributed by atoms with van der Waals surface area (Å²) >= 11 is 1.77. The van der Waals surface area contributed by atoms with E-state index in [-0.39, 0.29) is 0 Å². The third kappa shape index (κ3) is 2.98. The van der Waals surface area contributed by atoms with Crippen LogP contribution in [0.3, 0.4) is 0 Å². The first-order valence-electron chi connectivity index (χ1n) is 8.95. The van der Waals surface area contributed by atoms with Crippen molar-refractivity contribution >= 4 is 33.1 Å². The average molecular weight is 369 g/mol. The highest BCUT2D eigenvalue weighted by Crippen LogP contribution is 2.35. The van der Waals surface area contributed by atoms with Crippen molar-refractivity contribution in [2.45, 2.75) is 20.8 Å². The molecule has 0 bridgehead atoms. The minimum Gasteiger partial charge on any atom is -0.497 e. The van der Waals surface area contributed by atoms with Crippen molar-refractivity contribution in [1.29, 1.82) is 0 Å². The minimum absolute atomic E-state index is 0.851. The van der Waals surface area contributed by atoms with Crippen molar-refractivity contribution in [3.8, 4) is 5.75 Å². The van der Waals surface area contributed by atoms with Crippen LogP contribution in [0.2, 0.25) is 0 Å². The molecular formula is C20H24N4OS. The highest BCUT2D eigenvalue weighted by atomic mass is 32.1. The molecule has 0 unspecified atom stereocenters. The van der Waals surface area contributed by atoms with Gasteiger partial charge in [0.15, 0.2) is 0 Å². The van der Waals surface area contributed by atoms with Crippen LogP contribution in [0.15, 0.2) is 24.3 Å². The standard InChI is InChI=1S/C20H24N4OS/c1-13-14(2)26-20-18(13)19(21-15(3)22-20)24-10-8-23(9-11-24)16-6-5-7-17(12-16)25-4/h5-7,12H,8-11H2,1-4H3. The zero-order chi connectivity index (χ0) is 18.3. The second kappa shape index (κ2) is 6.76. The van der Waals surface area contributed by atoms with Gasteiger partial charge in [-0.3, -0.25) is 0 Å². The highest BCUT2D eigenvalue weighted by molar-refractivity contribution is 7.18. The number of benzene rings is 1. The summed E-state index contributed by atoms with van der Waals surface area (Å²) in [6.07, 6.45) is 0. The van der Waals surface area contributed by atoms with Crippen LogP contribution < -0.4 is 14.5 Å². The molecule has 1 aliphatic rings. The van der Waals surface area contributed by atoms with Gasteiger partial charge < -0.3 is 14.5 Å². The van der Waals surface area contributed by atoms with E-state index in [1.165, 1.54) is 21.5 Å². The van der Waals surface area contributed by atoms with Crippen LogP contribution >= 0.6 is 11.3 Å². The van der Waals surface area contributed by atoms with Crippen LogP contribution in [0.25, 0.3) is 10.2 Å². The van der Waals surface area contributed by atoms with Crippen LogP contribution in [-0.2, 0) is 0 Å². The van der Waals surface area contributed by atoms with Crippen molar-refractivity contribution in [2.24, 2.45) is 0 Å². The van der Waals surface area contributed by atoms with Gasteiger partial charge in [-0.15, -0.1) is 11.3 Å². The van der Waals surface area contributed by atoms with Crippen LogP contribution in [0.1, 0.15) is 16.3 Å². The Bertz CT molecular complexity index is 944. The molecule has 1 aromatic carbocycles. The van der Waals surface area contributed by atoms with E-state index in [1.54, 1.807) is 18.4 Å². The molecule has 0 saturated carbocycles. The van der Waals surface area contributed by atoms with E-state index in [2.05, 4.69) is 46.8 Å². The number of ether oxygens (including phenoxy) is 1. The molecule has 1 fully saturated rings. The summed E-state index contributed by atoms with van der Waals surface area (Å²) in [7, 11) is 1.71. The lowest BCUT2D eigenvalue weighted by Crippen LogP contribution is -2.47. The van der Waals surface area contributed by atoms with Crippen molar-refractivity contribution in [3.63, 3.8) is 0 Å². The largest absolute Gasteiger partial charge is 0.497 e. The van der Waals surface area contributed by atoms with Gasteiger partial charge in [-0.25, -0.2) is 9.97 Å². The predicted octanol–water partition coefficient (Wildman–Crippen LogP) is 3.95. The second-order valence-corrected chi connectivity index (χ2v) is 7.94. The van der Waals surface area contributed by atoms with E-state index in [1.807, 2.05) is 13.0 Å². The average Bonchev–Trinajstić information content (AvgIpc) is 2.95. The Balaban J connectivity index is 1.59. The normalized spacial score (nSPS) is 14.9. The fourth-order valence-corrected chi connectivity index (χ4v) is 4.61. The number of aromatic nitrogens is 2. The summed E-state index contributed by atoms with van der Waals surface area (Å²) < 4.78 is 5.36. The Hall–Kier alpha value is -2.34. The van der Waals surface area contributed by atoms with Crippen molar-refractivity contribution in [1.82, 2.24) is 9.97 Å². The number of anilines is 2. The third-order valence-corrected chi connectivity index (χ3v) is 6.22. The molecule has 3 aromatic rings. The summed E-state index contributed by atoms with van der Waals surface area (Å²) in [6, 6.07) is 8.30. The summed E-state index contributed by atoms with van der Waals surface area (Å²) in [5.41, 5.74) is 2.53. The zero-order valence-electron chi connectivity index (χ0n) is 15.7. The topological polar surface area (TPSA) is 41.5 Å². The summed E-state index contributed by atoms with van der Waals surface area (Å²) in [6.45, 7) is 10.2. The quantitative estimate of drug-likeness (QED) is 0.700. The molecule has 1 saturated heterocycles. The zero-order valence-corrected chi connectivity index (χ0v) is 16.6. The number of nitrogens with zero attached hydrogens (tertiary/aromatic N) is 4. The molecule has 26 heavy (non-hydrogen) atoms. The Labute approximate surface area is 158 Å². The van der Waals surface area contributed by atoms with Gasteiger partial charge in [-0.1, -0.05) is 6.07 Å². The molecule has 4 rings (SSSR count). The molecule has 136 valence electrons. The van der Waals surface area contributed by atoms with Gasteiger partial charge in [0, 0.05) is 42.8 Å². The van der Waals surface area contributed by atoms with E-state index in [4.69, 9.17) is 9.72 Å². The fourth-order valence-electron chi connectivity index (χ4n) is 3.54. The number of rotatable bonds is 3. The van der Waals surface area contributed by atoms with Crippen LogP contribution in [0, 0.1) is 20.8 Å². The molecule has 0 spiro atoms. The molecule has 0 amide bonds. The lowest BCUT2D eigenvalue weighted by Gasteiger charge is -2.37. The van der Waals surface area contributed by atoms with Crippen LogP contribution in [0.4, 0.5) is 11.5 Å². The monoisotopic (exact) mass is 368 g/mol. The first-order valence-corrected chi connectivity index (χ1v) is 9.77. The molecule has 0 atom stereocenters.